The van der Waals surface area contributed by atoms with Crippen LogP contribution in [0, 0.1) is 12.5 Å². The summed E-state index contributed by atoms with van der Waals surface area (Å²) in [5.41, 5.74) is -0.512. The number of ether oxygens (including phenoxy) is 7. The fraction of sp³-hybridized carbons (Fsp3) is 0.800. The molecule has 1 aliphatic heterocycles. The smallest absolute Gasteiger partial charge is 0.305 e. The molecule has 1 fully saturated rings. The Morgan fingerprint density at radius 1 is 0.720 bits per heavy atom. The van der Waals surface area contributed by atoms with E-state index in [1.54, 1.807) is 0 Å². The maximum absolute atomic E-state index is 12.2. The molecule has 0 aliphatic carbocycles. The van der Waals surface area contributed by atoms with Gasteiger partial charge in [-0.1, -0.05) is 26.7 Å². The summed E-state index contributed by atoms with van der Waals surface area (Å²) in [6.45, 7) is 19.1. The normalized spacial score (nSPS) is 21.4. The molecule has 0 bridgehead atoms. The number of carbonyl (C=O) groups is 6. The van der Waals surface area contributed by atoms with Crippen molar-refractivity contribution < 1.29 is 61.9 Å². The Hall–Kier alpha value is -3.45. The minimum atomic E-state index is -1.46. The van der Waals surface area contributed by atoms with Crippen LogP contribution < -0.4 is 5.32 Å². The summed E-state index contributed by atoms with van der Waals surface area (Å²) in [4.78, 5) is 75.4. The summed E-state index contributed by atoms with van der Waals surface area (Å²) in [6, 6.07) is -1.08. The first kappa shape index (κ1) is 44.6. The van der Waals surface area contributed by atoms with Gasteiger partial charge in [0.05, 0.1) is 13.2 Å². The first-order valence-corrected chi connectivity index (χ1v) is 17.2. The monoisotopic (exact) mass is 712 g/mol. The lowest BCUT2D eigenvalue weighted by molar-refractivity contribution is -0.321. The van der Waals surface area contributed by atoms with Crippen molar-refractivity contribution in [1.29, 1.82) is 0 Å². The SMILES string of the molecule is [C-]#[N+]C(C)(CCC(=O)CCCOCCOCC(=O)CCCCCCO[C@@H]1O[C@H](OC(C)=O)[C@H](OC(C)=O)[C@H](OC(C)=O)[C@H]1NC(C)=O)C(C)C. The number of hydrogen-bond acceptors (Lipinski definition) is 13. The van der Waals surface area contributed by atoms with Crippen LogP contribution in [0.3, 0.4) is 0 Å². The second kappa shape index (κ2) is 23.9. The van der Waals surface area contributed by atoms with Crippen molar-refractivity contribution >= 4 is 35.4 Å². The van der Waals surface area contributed by atoms with Gasteiger partial charge in [0, 0.05) is 79.4 Å². The molecule has 0 aromatic rings. The predicted molar refractivity (Wildman–Crippen MR) is 178 cm³/mol. The number of amides is 1. The van der Waals surface area contributed by atoms with Crippen LogP contribution in [-0.2, 0) is 61.9 Å². The molecule has 1 amide bonds. The number of hydrogen-bond donors (Lipinski definition) is 1. The Balaban J connectivity index is 2.33. The van der Waals surface area contributed by atoms with Crippen molar-refractivity contribution in [2.45, 2.75) is 143 Å². The second-order valence-electron chi connectivity index (χ2n) is 12.9. The maximum Gasteiger partial charge on any atom is 0.305 e. The Labute approximate surface area is 295 Å². The van der Waals surface area contributed by atoms with Crippen molar-refractivity contribution in [3.05, 3.63) is 11.4 Å². The Kier molecular flexibility index (Phi) is 21.3. The summed E-state index contributed by atoms with van der Waals surface area (Å²) < 4.78 is 38.4. The van der Waals surface area contributed by atoms with E-state index in [1.165, 1.54) is 6.92 Å². The minimum Gasteiger partial charge on any atom is -0.456 e. The van der Waals surface area contributed by atoms with Gasteiger partial charge in [0.2, 0.25) is 23.8 Å². The van der Waals surface area contributed by atoms with Crippen LogP contribution in [0.1, 0.15) is 106 Å². The molecular formula is C35H56N2O13. The minimum absolute atomic E-state index is 0.00841. The molecule has 15 heteroatoms. The Bertz CT molecular complexity index is 1150. The van der Waals surface area contributed by atoms with E-state index < -0.39 is 60.2 Å². The van der Waals surface area contributed by atoms with E-state index in [0.29, 0.717) is 58.2 Å². The molecule has 1 unspecified atom stereocenters. The molecule has 284 valence electrons. The number of rotatable bonds is 25. The highest BCUT2D eigenvalue weighted by atomic mass is 16.8. The molecule has 15 nitrogen and oxygen atoms in total. The van der Waals surface area contributed by atoms with Gasteiger partial charge in [-0.2, -0.15) is 0 Å². The largest absolute Gasteiger partial charge is 0.456 e. The number of nitrogens with zero attached hydrogens (tertiary/aromatic N) is 1. The zero-order valence-corrected chi connectivity index (χ0v) is 30.6. The van der Waals surface area contributed by atoms with Crippen LogP contribution in [0.2, 0.25) is 0 Å². The quantitative estimate of drug-likeness (QED) is 0.0627. The van der Waals surface area contributed by atoms with Gasteiger partial charge in [-0.05, 0) is 19.3 Å². The molecule has 1 aliphatic rings. The Morgan fingerprint density at radius 2 is 1.32 bits per heavy atom. The summed E-state index contributed by atoms with van der Waals surface area (Å²) in [5.74, 6) is -2.40. The lowest BCUT2D eigenvalue weighted by atomic mass is 9.84. The van der Waals surface area contributed by atoms with Gasteiger partial charge < -0.3 is 43.3 Å². The van der Waals surface area contributed by atoms with Crippen molar-refractivity contribution in [2.75, 3.05) is 33.0 Å². The number of esters is 3. The number of ketones is 2. The molecule has 0 aromatic heterocycles. The van der Waals surface area contributed by atoms with Crippen LogP contribution in [0.25, 0.3) is 4.85 Å². The van der Waals surface area contributed by atoms with E-state index in [-0.39, 0.29) is 37.3 Å². The van der Waals surface area contributed by atoms with Gasteiger partial charge >= 0.3 is 17.9 Å². The van der Waals surface area contributed by atoms with Gasteiger partial charge in [-0.15, -0.1) is 0 Å². The van der Waals surface area contributed by atoms with E-state index in [1.807, 2.05) is 20.8 Å². The van der Waals surface area contributed by atoms with Crippen LogP contribution in [0.15, 0.2) is 0 Å². The molecule has 1 N–H and O–H groups in total. The van der Waals surface area contributed by atoms with Gasteiger partial charge in [0.1, 0.15) is 18.4 Å². The third-order valence-corrected chi connectivity index (χ3v) is 8.18. The van der Waals surface area contributed by atoms with Gasteiger partial charge in [0.15, 0.2) is 18.2 Å². The van der Waals surface area contributed by atoms with Gasteiger partial charge in [0.25, 0.3) is 0 Å². The molecule has 0 aromatic carbocycles. The summed E-state index contributed by atoms with van der Waals surface area (Å²) in [7, 11) is 0. The van der Waals surface area contributed by atoms with Crippen molar-refractivity contribution in [3.63, 3.8) is 0 Å². The summed E-state index contributed by atoms with van der Waals surface area (Å²) >= 11 is 0. The first-order chi connectivity index (χ1) is 23.6. The maximum atomic E-state index is 12.2. The average molecular weight is 713 g/mol. The van der Waals surface area contributed by atoms with Crippen molar-refractivity contribution in [1.82, 2.24) is 5.32 Å². The standard InChI is InChI=1S/C35H56N2O13/c1-23(2)35(7,36-8)17-16-28(42)15-13-18-44-20-21-45-22-29(43)14-11-9-10-12-19-46-33-30(37-24(3)38)31(47-25(4)39)32(48-26(5)40)34(50-33)49-27(6)41/h23,30-34H,9-22H2,1-7H3,(H,37,38)/t30-,31-,32-,33-,34+,35?/m1/s1. The van der Waals surface area contributed by atoms with Crippen LogP contribution in [0.4, 0.5) is 0 Å². The molecule has 0 spiro atoms. The van der Waals surface area contributed by atoms with E-state index in [4.69, 9.17) is 39.7 Å². The number of Topliss-reactive ketones (excluding diaryl/α,β-unsaturated/α-hetero) is 2. The zero-order valence-electron chi connectivity index (χ0n) is 30.6. The molecule has 6 atom stereocenters. The molecule has 1 heterocycles. The molecule has 1 rings (SSSR count). The highest BCUT2D eigenvalue weighted by molar-refractivity contribution is 5.79. The van der Waals surface area contributed by atoms with E-state index >= 15 is 0 Å². The molecule has 0 saturated carbocycles. The average Bonchev–Trinajstić information content (AvgIpc) is 3.02. The first-order valence-electron chi connectivity index (χ1n) is 17.2. The van der Waals surface area contributed by atoms with Crippen LogP contribution >= 0.6 is 0 Å². The highest BCUT2D eigenvalue weighted by Crippen LogP contribution is 2.29. The van der Waals surface area contributed by atoms with E-state index in [2.05, 4.69) is 10.2 Å². The van der Waals surface area contributed by atoms with E-state index in [0.717, 1.165) is 33.6 Å². The molecular weight excluding hydrogens is 656 g/mol. The van der Waals surface area contributed by atoms with Gasteiger partial charge in [-0.3, -0.25) is 28.8 Å². The van der Waals surface area contributed by atoms with E-state index in [9.17, 15) is 28.8 Å². The number of carbonyl (C=O) groups excluding carboxylic acids is 6. The van der Waals surface area contributed by atoms with Crippen LogP contribution in [0.5, 0.6) is 0 Å². The third-order valence-electron chi connectivity index (χ3n) is 8.18. The van der Waals surface area contributed by atoms with Crippen molar-refractivity contribution in [2.24, 2.45) is 5.92 Å². The van der Waals surface area contributed by atoms with Gasteiger partial charge in [-0.25, -0.2) is 6.57 Å². The number of nitrogens with one attached hydrogen (secondary N) is 1. The number of unbranched alkanes of at least 4 members (excludes halogenated alkanes) is 3. The zero-order chi connectivity index (χ0) is 37.7. The Morgan fingerprint density at radius 3 is 1.92 bits per heavy atom. The fourth-order valence-electron chi connectivity index (χ4n) is 5.06. The molecule has 1 saturated heterocycles. The topological polar surface area (TPSA) is 183 Å². The third kappa shape index (κ3) is 18.0. The summed E-state index contributed by atoms with van der Waals surface area (Å²) in [5, 5.41) is 2.61. The molecule has 50 heavy (non-hydrogen) atoms. The fourth-order valence-corrected chi connectivity index (χ4v) is 5.06. The van der Waals surface area contributed by atoms with Crippen molar-refractivity contribution in [3.8, 4) is 0 Å². The van der Waals surface area contributed by atoms with Crippen LogP contribution in [-0.4, -0.2) is 105 Å². The lowest BCUT2D eigenvalue weighted by Crippen LogP contribution is -2.66. The highest BCUT2D eigenvalue weighted by Gasteiger charge is 2.52. The summed E-state index contributed by atoms with van der Waals surface area (Å²) in [6.07, 6.45) is -0.281. The molecule has 0 radical (unpaired) electrons. The predicted octanol–water partition coefficient (Wildman–Crippen LogP) is 3.63. The lowest BCUT2D eigenvalue weighted by Gasteiger charge is -2.44. The second-order valence-corrected chi connectivity index (χ2v) is 12.9.